The van der Waals surface area contributed by atoms with Crippen molar-refractivity contribution in [1.29, 1.82) is 0 Å². The molecule has 1 fully saturated rings. The van der Waals surface area contributed by atoms with Crippen LogP contribution in [0.25, 0.3) is 5.65 Å². The SMILES string of the molecule is Cc1ccc2nc(Cn3nc(C(F)(F)F)cc3Cl)cc(=O)n2c1C1C(CO)[C@H]1C. The maximum Gasteiger partial charge on any atom is 0.435 e. The maximum atomic E-state index is 12.9. The van der Waals surface area contributed by atoms with Gasteiger partial charge in [0.1, 0.15) is 10.8 Å². The Bertz CT molecular complexity index is 1150. The second-order valence-electron chi connectivity index (χ2n) is 7.42. The maximum absolute atomic E-state index is 12.9. The molecular weight excluding hydrogens is 409 g/mol. The summed E-state index contributed by atoms with van der Waals surface area (Å²) < 4.78 is 41.0. The minimum absolute atomic E-state index is 0.0429. The average molecular weight is 427 g/mol. The number of fused-ring (bicyclic) bond motifs is 1. The van der Waals surface area contributed by atoms with Gasteiger partial charge in [0.05, 0.1) is 12.2 Å². The largest absolute Gasteiger partial charge is 0.435 e. The van der Waals surface area contributed by atoms with Gasteiger partial charge in [-0.1, -0.05) is 24.6 Å². The van der Waals surface area contributed by atoms with Gasteiger partial charge in [-0.25, -0.2) is 9.67 Å². The van der Waals surface area contributed by atoms with E-state index < -0.39 is 11.9 Å². The van der Waals surface area contributed by atoms with Crippen molar-refractivity contribution in [2.75, 3.05) is 6.61 Å². The van der Waals surface area contributed by atoms with Gasteiger partial charge in [0.15, 0.2) is 5.69 Å². The van der Waals surface area contributed by atoms with Crippen LogP contribution in [0.4, 0.5) is 13.2 Å². The molecule has 0 aromatic carbocycles. The van der Waals surface area contributed by atoms with Crippen molar-refractivity contribution in [3.8, 4) is 0 Å². The van der Waals surface area contributed by atoms with Crippen LogP contribution in [0.3, 0.4) is 0 Å². The highest BCUT2D eigenvalue weighted by molar-refractivity contribution is 6.29. The molecular formula is C19H18ClF3N4O2. The van der Waals surface area contributed by atoms with Crippen LogP contribution in [0, 0.1) is 18.8 Å². The van der Waals surface area contributed by atoms with E-state index in [1.54, 1.807) is 6.07 Å². The first kappa shape index (κ1) is 19.9. The molecule has 1 N–H and O–H groups in total. The van der Waals surface area contributed by atoms with Gasteiger partial charge in [-0.05, 0) is 30.4 Å². The summed E-state index contributed by atoms with van der Waals surface area (Å²) in [6.45, 7) is 3.80. The highest BCUT2D eigenvalue weighted by Gasteiger charge is 2.49. The molecule has 3 atom stereocenters. The quantitative estimate of drug-likeness (QED) is 0.695. The van der Waals surface area contributed by atoms with Crippen LogP contribution < -0.4 is 5.56 Å². The molecule has 3 aromatic rings. The molecule has 0 bridgehead atoms. The summed E-state index contributed by atoms with van der Waals surface area (Å²) in [6.07, 6.45) is -4.61. The molecule has 10 heteroatoms. The van der Waals surface area contributed by atoms with Gasteiger partial charge in [-0.3, -0.25) is 9.20 Å². The highest BCUT2D eigenvalue weighted by Crippen LogP contribution is 2.53. The Balaban J connectivity index is 1.75. The Kier molecular flexibility index (Phi) is 4.70. The van der Waals surface area contributed by atoms with E-state index in [9.17, 15) is 23.1 Å². The number of alkyl halides is 3. The van der Waals surface area contributed by atoms with E-state index in [4.69, 9.17) is 11.6 Å². The Morgan fingerprint density at radius 1 is 1.28 bits per heavy atom. The molecule has 0 amide bonds. The van der Waals surface area contributed by atoms with Crippen LogP contribution in [-0.2, 0) is 12.7 Å². The lowest BCUT2D eigenvalue weighted by Gasteiger charge is -2.13. The first-order valence-electron chi connectivity index (χ1n) is 9.05. The van der Waals surface area contributed by atoms with Crippen molar-refractivity contribution in [2.24, 2.45) is 11.8 Å². The monoisotopic (exact) mass is 426 g/mol. The predicted molar refractivity (Wildman–Crippen MR) is 100 cm³/mol. The molecule has 1 saturated carbocycles. The van der Waals surface area contributed by atoms with Gasteiger partial charge in [0.2, 0.25) is 0 Å². The number of rotatable bonds is 4. The zero-order valence-corrected chi connectivity index (χ0v) is 16.4. The lowest BCUT2D eigenvalue weighted by atomic mass is 10.1. The van der Waals surface area contributed by atoms with Gasteiger partial charge < -0.3 is 5.11 Å². The number of aliphatic hydroxyl groups is 1. The van der Waals surface area contributed by atoms with Crippen LogP contribution >= 0.6 is 11.6 Å². The van der Waals surface area contributed by atoms with Crippen molar-refractivity contribution in [3.63, 3.8) is 0 Å². The summed E-state index contributed by atoms with van der Waals surface area (Å²) in [7, 11) is 0. The molecule has 3 aromatic heterocycles. The number of aromatic nitrogens is 4. The van der Waals surface area contributed by atoms with Gasteiger partial charge in [0.25, 0.3) is 5.56 Å². The fourth-order valence-corrected chi connectivity index (χ4v) is 4.13. The van der Waals surface area contributed by atoms with E-state index in [2.05, 4.69) is 10.1 Å². The number of hydrogen-bond donors (Lipinski definition) is 1. The molecule has 0 radical (unpaired) electrons. The van der Waals surface area contributed by atoms with Crippen LogP contribution in [0.2, 0.25) is 5.15 Å². The second-order valence-corrected chi connectivity index (χ2v) is 7.81. The average Bonchev–Trinajstić information content (AvgIpc) is 3.12. The zero-order valence-electron chi connectivity index (χ0n) is 15.6. The second kappa shape index (κ2) is 6.84. The fraction of sp³-hybridized carbons (Fsp3) is 0.421. The van der Waals surface area contributed by atoms with Gasteiger partial charge in [0, 0.05) is 30.4 Å². The molecule has 0 saturated heterocycles. The topological polar surface area (TPSA) is 72.4 Å². The van der Waals surface area contributed by atoms with Gasteiger partial charge >= 0.3 is 6.18 Å². The van der Waals surface area contributed by atoms with E-state index in [0.717, 1.165) is 22.0 Å². The number of nitrogens with zero attached hydrogens (tertiary/aromatic N) is 4. The Labute approximate surface area is 168 Å². The van der Waals surface area contributed by atoms with Crippen LogP contribution in [0.1, 0.15) is 35.5 Å². The summed E-state index contributed by atoms with van der Waals surface area (Å²) in [5.74, 6) is 0.401. The predicted octanol–water partition coefficient (Wildman–Crippen LogP) is 3.26. The summed E-state index contributed by atoms with van der Waals surface area (Å²) >= 11 is 5.87. The lowest BCUT2D eigenvalue weighted by molar-refractivity contribution is -0.141. The number of aryl methyl sites for hydroxylation is 1. The molecule has 1 aliphatic carbocycles. The molecule has 0 spiro atoms. The van der Waals surface area contributed by atoms with Crippen molar-refractivity contribution in [2.45, 2.75) is 32.5 Å². The first-order chi connectivity index (χ1) is 13.6. The third-order valence-electron chi connectivity index (χ3n) is 5.55. The van der Waals surface area contributed by atoms with Crippen molar-refractivity contribution < 1.29 is 18.3 Å². The Morgan fingerprint density at radius 3 is 2.59 bits per heavy atom. The first-order valence-corrected chi connectivity index (χ1v) is 9.43. The van der Waals surface area contributed by atoms with Crippen LogP contribution in [-0.4, -0.2) is 30.9 Å². The van der Waals surface area contributed by atoms with Gasteiger partial charge in [-0.15, -0.1) is 0 Å². The fourth-order valence-electron chi connectivity index (χ4n) is 3.93. The lowest BCUT2D eigenvalue weighted by Crippen LogP contribution is -2.21. The Hall–Kier alpha value is -2.39. The van der Waals surface area contributed by atoms with Gasteiger partial charge in [-0.2, -0.15) is 18.3 Å². The minimum atomic E-state index is -4.61. The normalized spacial score (nSPS) is 21.7. The number of pyridine rings is 1. The molecule has 6 nitrogen and oxygen atoms in total. The van der Waals surface area contributed by atoms with E-state index in [1.807, 2.05) is 19.9 Å². The third-order valence-corrected chi connectivity index (χ3v) is 5.85. The van der Waals surface area contributed by atoms with E-state index >= 15 is 0 Å². The van der Waals surface area contributed by atoms with E-state index in [1.165, 1.54) is 10.5 Å². The van der Waals surface area contributed by atoms with Crippen molar-refractivity contribution in [1.82, 2.24) is 19.2 Å². The standard InChI is InChI=1S/C19H18ClF3N4O2/c1-9-3-4-15-24-11(7-26-14(20)6-13(25-26)19(21,22)23)5-16(29)27(15)18(9)17-10(2)12(17)8-28/h3-6,10,12,17,28H,7-8H2,1-2H3/t10-,12?,17?/m1/s1. The third kappa shape index (κ3) is 3.42. The zero-order chi connectivity index (χ0) is 21.1. The summed E-state index contributed by atoms with van der Waals surface area (Å²) in [5.41, 5.74) is 0.949. The number of halogens is 4. The molecule has 0 aliphatic heterocycles. The molecule has 154 valence electrons. The minimum Gasteiger partial charge on any atom is -0.396 e. The van der Waals surface area contributed by atoms with E-state index in [-0.39, 0.29) is 47.3 Å². The van der Waals surface area contributed by atoms with Crippen molar-refractivity contribution >= 4 is 17.2 Å². The van der Waals surface area contributed by atoms with Crippen LogP contribution in [0.5, 0.6) is 0 Å². The Morgan fingerprint density at radius 2 is 2.00 bits per heavy atom. The molecule has 29 heavy (non-hydrogen) atoms. The number of hydrogen-bond acceptors (Lipinski definition) is 4. The van der Waals surface area contributed by atoms with E-state index in [0.29, 0.717) is 5.65 Å². The number of aliphatic hydroxyl groups excluding tert-OH is 1. The van der Waals surface area contributed by atoms with Crippen molar-refractivity contribution in [3.05, 3.63) is 62.4 Å². The highest BCUT2D eigenvalue weighted by atomic mass is 35.5. The summed E-state index contributed by atoms with van der Waals surface area (Å²) in [5, 5.41) is 12.8. The summed E-state index contributed by atoms with van der Waals surface area (Å²) in [4.78, 5) is 17.3. The molecule has 3 heterocycles. The molecule has 4 rings (SSSR count). The smallest absolute Gasteiger partial charge is 0.396 e. The molecule has 2 unspecified atom stereocenters. The molecule has 1 aliphatic rings. The summed E-state index contributed by atoms with van der Waals surface area (Å²) in [6, 6.07) is 5.56. The van der Waals surface area contributed by atoms with Crippen LogP contribution in [0.15, 0.2) is 29.1 Å².